The molecule has 0 unspecified atom stereocenters. The smallest absolute Gasteiger partial charge is 0.309 e. The molecule has 0 aliphatic rings. The first-order valence-electron chi connectivity index (χ1n) is 4.05. The van der Waals surface area contributed by atoms with Gasteiger partial charge >= 0.3 is 5.97 Å². The number of hydrogen-bond acceptors (Lipinski definition) is 2. The molecule has 0 aromatic carbocycles. The number of alkyl halides is 2. The molecule has 1 rings (SSSR count). The lowest BCUT2D eigenvalue weighted by Crippen LogP contribution is -2.19. The van der Waals surface area contributed by atoms with Crippen molar-refractivity contribution in [1.82, 2.24) is 9.78 Å². The molecule has 0 radical (unpaired) electrons. The fraction of sp³-hybridized carbons (Fsp3) is 0.500. The molecule has 15 heavy (non-hydrogen) atoms. The van der Waals surface area contributed by atoms with Gasteiger partial charge in [0.2, 0.25) is 0 Å². The summed E-state index contributed by atoms with van der Waals surface area (Å²) in [7, 11) is 1.41. The second-order valence-electron chi connectivity index (χ2n) is 3.15. The first-order chi connectivity index (χ1) is 6.75. The van der Waals surface area contributed by atoms with Crippen molar-refractivity contribution >= 4 is 17.6 Å². The van der Waals surface area contributed by atoms with Crippen LogP contribution in [0.2, 0.25) is 5.15 Å². The van der Waals surface area contributed by atoms with Crippen molar-refractivity contribution in [1.29, 1.82) is 0 Å². The van der Waals surface area contributed by atoms with Gasteiger partial charge in [0, 0.05) is 7.05 Å². The molecule has 1 N–H and O–H groups in total. The maximum absolute atomic E-state index is 13.4. The average molecular weight is 239 g/mol. The Labute approximate surface area is 89.5 Å². The summed E-state index contributed by atoms with van der Waals surface area (Å²) >= 11 is 5.61. The van der Waals surface area contributed by atoms with E-state index >= 15 is 0 Å². The van der Waals surface area contributed by atoms with Crippen molar-refractivity contribution in [3.05, 3.63) is 16.4 Å². The number of aliphatic carboxylic acids is 1. The van der Waals surface area contributed by atoms with Crippen LogP contribution >= 0.6 is 11.6 Å². The lowest BCUT2D eigenvalue weighted by atomic mass is 10.1. The predicted molar refractivity (Wildman–Crippen MR) is 49.1 cm³/mol. The van der Waals surface area contributed by atoms with E-state index in [1.54, 1.807) is 0 Å². The first kappa shape index (κ1) is 11.9. The number of carboxylic acid groups (broad SMARTS) is 1. The highest BCUT2D eigenvalue weighted by Crippen LogP contribution is 2.38. The van der Waals surface area contributed by atoms with E-state index in [0.29, 0.717) is 0 Å². The third kappa shape index (κ3) is 2.26. The van der Waals surface area contributed by atoms with Gasteiger partial charge in [-0.1, -0.05) is 11.6 Å². The molecule has 84 valence electrons. The Morgan fingerprint density at radius 1 is 1.67 bits per heavy atom. The number of nitrogens with zero attached hydrogens (tertiary/aromatic N) is 2. The van der Waals surface area contributed by atoms with Crippen LogP contribution in [0.15, 0.2) is 0 Å². The van der Waals surface area contributed by atoms with Crippen LogP contribution in [-0.4, -0.2) is 20.9 Å². The minimum absolute atomic E-state index is 0.0359. The largest absolute Gasteiger partial charge is 0.481 e. The highest BCUT2D eigenvalue weighted by molar-refractivity contribution is 6.30. The van der Waals surface area contributed by atoms with Crippen LogP contribution in [0.4, 0.5) is 8.78 Å². The van der Waals surface area contributed by atoms with Crippen molar-refractivity contribution in [3.63, 3.8) is 0 Å². The number of hydrogen-bond donors (Lipinski definition) is 1. The lowest BCUT2D eigenvalue weighted by Gasteiger charge is -2.13. The fourth-order valence-electron chi connectivity index (χ4n) is 1.32. The van der Waals surface area contributed by atoms with Gasteiger partial charge in [-0.15, -0.1) is 0 Å². The van der Waals surface area contributed by atoms with Crippen LogP contribution in [0.25, 0.3) is 0 Å². The molecule has 0 aliphatic carbocycles. The summed E-state index contributed by atoms with van der Waals surface area (Å²) in [6, 6.07) is 0. The van der Waals surface area contributed by atoms with Gasteiger partial charge in [-0.05, 0) is 6.92 Å². The molecule has 0 saturated heterocycles. The zero-order valence-corrected chi connectivity index (χ0v) is 8.85. The summed E-state index contributed by atoms with van der Waals surface area (Å²) in [6.07, 6.45) is -1.29. The summed E-state index contributed by atoms with van der Waals surface area (Å²) in [4.78, 5) is 10.3. The Hall–Kier alpha value is -1.17. The number of aromatic nitrogens is 2. The molecule has 1 heterocycles. The molecule has 0 fully saturated rings. The Morgan fingerprint density at radius 2 is 2.20 bits per heavy atom. The number of carbonyl (C=O) groups is 1. The summed E-state index contributed by atoms with van der Waals surface area (Å²) in [5.41, 5.74) is -0.484. The molecule has 0 aliphatic heterocycles. The van der Waals surface area contributed by atoms with E-state index in [4.69, 9.17) is 16.7 Å². The van der Waals surface area contributed by atoms with E-state index in [1.807, 2.05) is 0 Å². The first-order valence-corrected chi connectivity index (χ1v) is 4.42. The Bertz CT molecular complexity index is 404. The number of carboxylic acids is 1. The molecule has 0 atom stereocenters. The second-order valence-corrected chi connectivity index (χ2v) is 3.51. The topological polar surface area (TPSA) is 55.1 Å². The molecular formula is C8H9ClF2N2O2. The average Bonchev–Trinajstić information content (AvgIpc) is 2.23. The Kier molecular flexibility index (Phi) is 2.99. The van der Waals surface area contributed by atoms with Crippen molar-refractivity contribution < 1.29 is 18.7 Å². The molecule has 7 heteroatoms. The monoisotopic (exact) mass is 238 g/mol. The summed E-state index contributed by atoms with van der Waals surface area (Å²) in [5.74, 6) is -5.08. The van der Waals surface area contributed by atoms with Crippen LogP contribution in [0, 0.1) is 6.92 Å². The molecule has 0 amide bonds. The molecular weight excluding hydrogens is 230 g/mol. The third-order valence-corrected chi connectivity index (χ3v) is 2.32. The van der Waals surface area contributed by atoms with Gasteiger partial charge in [0.15, 0.2) is 0 Å². The lowest BCUT2D eigenvalue weighted by molar-refractivity contribution is -0.145. The summed E-state index contributed by atoms with van der Waals surface area (Å²) in [5, 5.41) is 11.8. The normalized spacial score (nSPS) is 11.8. The highest BCUT2D eigenvalue weighted by atomic mass is 35.5. The fourth-order valence-corrected chi connectivity index (χ4v) is 1.64. The van der Waals surface area contributed by atoms with E-state index < -0.39 is 23.9 Å². The van der Waals surface area contributed by atoms with Crippen molar-refractivity contribution in [2.75, 3.05) is 0 Å². The molecule has 1 aromatic heterocycles. The second kappa shape index (κ2) is 3.77. The molecule has 0 bridgehead atoms. The van der Waals surface area contributed by atoms with Crippen molar-refractivity contribution in [2.24, 2.45) is 7.05 Å². The van der Waals surface area contributed by atoms with Gasteiger partial charge in [-0.2, -0.15) is 5.10 Å². The number of aryl methyl sites for hydroxylation is 2. The Morgan fingerprint density at radius 3 is 2.53 bits per heavy atom. The molecule has 0 spiro atoms. The van der Waals surface area contributed by atoms with Crippen LogP contribution in [0.1, 0.15) is 17.7 Å². The quantitative estimate of drug-likeness (QED) is 0.876. The van der Waals surface area contributed by atoms with Crippen LogP contribution in [0.3, 0.4) is 0 Å². The van der Waals surface area contributed by atoms with E-state index in [9.17, 15) is 13.6 Å². The standard InChI is InChI=1S/C8H9ClF2N2O2/c1-4-6(7(9)13(2)12-4)8(10,11)3-5(14)15/h3H2,1-2H3,(H,14,15). The zero-order chi connectivity index (χ0) is 11.8. The highest BCUT2D eigenvalue weighted by Gasteiger charge is 2.40. The van der Waals surface area contributed by atoms with Crippen LogP contribution in [-0.2, 0) is 17.8 Å². The van der Waals surface area contributed by atoms with Gasteiger partial charge in [0.1, 0.15) is 11.6 Å². The molecule has 0 saturated carbocycles. The molecule has 4 nitrogen and oxygen atoms in total. The van der Waals surface area contributed by atoms with Crippen molar-refractivity contribution in [2.45, 2.75) is 19.3 Å². The third-order valence-electron chi connectivity index (χ3n) is 1.89. The maximum atomic E-state index is 13.4. The number of halogens is 3. The summed E-state index contributed by atoms with van der Waals surface area (Å²) < 4.78 is 27.9. The predicted octanol–water partition coefficient (Wildman–Crippen LogP) is 1.95. The van der Waals surface area contributed by atoms with E-state index in [-0.39, 0.29) is 10.8 Å². The maximum Gasteiger partial charge on any atom is 0.309 e. The van der Waals surface area contributed by atoms with Gasteiger partial charge in [0.25, 0.3) is 5.92 Å². The van der Waals surface area contributed by atoms with E-state index in [1.165, 1.54) is 14.0 Å². The van der Waals surface area contributed by atoms with Gasteiger partial charge in [0.05, 0.1) is 11.3 Å². The van der Waals surface area contributed by atoms with Gasteiger partial charge in [-0.25, -0.2) is 8.78 Å². The van der Waals surface area contributed by atoms with Crippen LogP contribution in [0.5, 0.6) is 0 Å². The van der Waals surface area contributed by atoms with Crippen LogP contribution < -0.4 is 0 Å². The molecule has 1 aromatic rings. The SMILES string of the molecule is Cc1nn(C)c(Cl)c1C(F)(F)CC(=O)O. The number of rotatable bonds is 3. The van der Waals surface area contributed by atoms with Crippen molar-refractivity contribution in [3.8, 4) is 0 Å². The minimum atomic E-state index is -3.50. The zero-order valence-electron chi connectivity index (χ0n) is 8.09. The minimum Gasteiger partial charge on any atom is -0.481 e. The van der Waals surface area contributed by atoms with Gasteiger partial charge < -0.3 is 5.11 Å². The summed E-state index contributed by atoms with van der Waals surface area (Å²) in [6.45, 7) is 1.36. The Balaban J connectivity index is 3.19. The van der Waals surface area contributed by atoms with E-state index in [0.717, 1.165) is 4.68 Å². The van der Waals surface area contributed by atoms with Gasteiger partial charge in [-0.3, -0.25) is 9.48 Å². The van der Waals surface area contributed by atoms with E-state index in [2.05, 4.69) is 5.10 Å².